The van der Waals surface area contributed by atoms with Gasteiger partial charge >= 0.3 is 6.09 Å². The van der Waals surface area contributed by atoms with Crippen LogP contribution in [0.15, 0.2) is 15.9 Å². The minimum Gasteiger partial charge on any atom is -0.444 e. The van der Waals surface area contributed by atoms with E-state index in [1.807, 2.05) is 26.2 Å². The molecule has 1 amide bonds. The number of hydrogen-bond donors (Lipinski definition) is 0. The maximum Gasteiger partial charge on any atom is 0.410 e. The van der Waals surface area contributed by atoms with Gasteiger partial charge in [-0.15, -0.1) is 11.3 Å². The number of likely N-dealkylation sites (tertiary alicyclic amines) is 1. The van der Waals surface area contributed by atoms with Crippen molar-refractivity contribution < 1.29 is 13.7 Å². The van der Waals surface area contributed by atoms with E-state index in [-0.39, 0.29) is 12.0 Å². The summed E-state index contributed by atoms with van der Waals surface area (Å²) in [7, 11) is -1.07. The van der Waals surface area contributed by atoms with E-state index in [1.165, 1.54) is 11.3 Å². The Morgan fingerprint density at radius 2 is 2.33 bits per heavy atom. The highest BCUT2D eigenvalue weighted by atomic mass is 32.2. The Labute approximate surface area is 132 Å². The predicted octanol–water partition coefficient (Wildman–Crippen LogP) is 2.90. The number of piperidine rings is 1. The summed E-state index contributed by atoms with van der Waals surface area (Å²) in [6, 6.07) is 0. The molecule has 1 aliphatic rings. The molecule has 2 rings (SSSR count). The normalized spacial score (nSPS) is 21.1. The zero-order chi connectivity index (χ0) is 15.5. The molecule has 0 N–H and O–H groups in total. The first-order valence-corrected chi connectivity index (χ1v) is 9.31. The number of hydrogen-bond acceptors (Lipinski definition) is 5. The van der Waals surface area contributed by atoms with Gasteiger partial charge in [-0.2, -0.15) is 0 Å². The van der Waals surface area contributed by atoms with Crippen molar-refractivity contribution in [3.63, 3.8) is 0 Å². The fraction of sp³-hybridized carbons (Fsp3) is 0.714. The molecule has 1 aromatic heterocycles. The molecule has 0 aliphatic carbocycles. The van der Waals surface area contributed by atoms with Crippen molar-refractivity contribution in [2.45, 2.75) is 43.6 Å². The van der Waals surface area contributed by atoms with Crippen LogP contribution in [0.5, 0.6) is 0 Å². The number of aromatic nitrogens is 1. The molecule has 7 heteroatoms. The van der Waals surface area contributed by atoms with Gasteiger partial charge in [-0.1, -0.05) is 0 Å². The summed E-state index contributed by atoms with van der Waals surface area (Å²) in [5.41, 5.74) is -0.478. The molecule has 1 aromatic rings. The summed E-state index contributed by atoms with van der Waals surface area (Å²) in [5.74, 6) is 0.809. The quantitative estimate of drug-likeness (QED) is 0.855. The number of carbonyl (C=O) groups excluding carboxylic acids is 1. The van der Waals surface area contributed by atoms with Gasteiger partial charge in [-0.3, -0.25) is 4.21 Å². The summed E-state index contributed by atoms with van der Waals surface area (Å²) in [6.45, 7) is 6.93. The van der Waals surface area contributed by atoms with Crippen molar-refractivity contribution in [1.82, 2.24) is 9.88 Å². The SMILES string of the molecule is CC(C)(C)OC(=O)N1CCC[C@H](C[S@](=O)c2nccs2)C1. The number of ether oxygens (including phenoxy) is 1. The smallest absolute Gasteiger partial charge is 0.410 e. The fourth-order valence-corrected chi connectivity index (χ4v) is 4.48. The topological polar surface area (TPSA) is 59.5 Å². The molecule has 0 bridgehead atoms. The Hall–Kier alpha value is -0.950. The van der Waals surface area contributed by atoms with E-state index >= 15 is 0 Å². The predicted molar refractivity (Wildman–Crippen MR) is 83.9 cm³/mol. The maximum atomic E-state index is 12.2. The van der Waals surface area contributed by atoms with Gasteiger partial charge in [0.25, 0.3) is 0 Å². The average molecular weight is 330 g/mol. The number of carbonyl (C=O) groups is 1. The van der Waals surface area contributed by atoms with Crippen molar-refractivity contribution in [2.24, 2.45) is 5.92 Å². The van der Waals surface area contributed by atoms with Crippen LogP contribution >= 0.6 is 11.3 Å². The van der Waals surface area contributed by atoms with E-state index in [0.717, 1.165) is 19.4 Å². The lowest BCUT2D eigenvalue weighted by atomic mass is 10.0. The molecule has 0 spiro atoms. The minimum absolute atomic E-state index is 0.246. The van der Waals surface area contributed by atoms with Crippen molar-refractivity contribution >= 4 is 28.2 Å². The van der Waals surface area contributed by atoms with Gasteiger partial charge in [-0.25, -0.2) is 9.78 Å². The Morgan fingerprint density at radius 3 is 2.95 bits per heavy atom. The third-order valence-electron chi connectivity index (χ3n) is 3.16. The van der Waals surface area contributed by atoms with E-state index in [1.54, 1.807) is 11.1 Å². The van der Waals surface area contributed by atoms with Crippen LogP contribution in [0.3, 0.4) is 0 Å². The van der Waals surface area contributed by atoms with Gasteiger partial charge in [0.15, 0.2) is 4.34 Å². The fourth-order valence-electron chi connectivity index (χ4n) is 2.30. The minimum atomic E-state index is -1.07. The Balaban J connectivity index is 1.89. The van der Waals surface area contributed by atoms with E-state index in [2.05, 4.69) is 4.98 Å². The van der Waals surface area contributed by atoms with Crippen molar-refractivity contribution in [1.29, 1.82) is 0 Å². The van der Waals surface area contributed by atoms with Gasteiger partial charge in [0, 0.05) is 30.4 Å². The molecule has 0 saturated carbocycles. The molecule has 0 aromatic carbocycles. The standard InChI is InChI=1S/C14H22N2O3S2/c1-14(2,3)19-13(17)16-7-4-5-11(9-16)10-21(18)12-15-6-8-20-12/h6,8,11H,4-5,7,9-10H2,1-3H3/t11-,21-/m0/s1. The van der Waals surface area contributed by atoms with Gasteiger partial charge in [-0.05, 0) is 39.5 Å². The summed E-state index contributed by atoms with van der Waals surface area (Å²) >= 11 is 1.42. The Morgan fingerprint density at radius 1 is 1.57 bits per heavy atom. The third-order valence-corrected chi connectivity index (χ3v) is 5.84. The van der Waals surface area contributed by atoms with Gasteiger partial charge < -0.3 is 9.64 Å². The zero-order valence-corrected chi connectivity index (χ0v) is 14.3. The second-order valence-corrected chi connectivity index (χ2v) is 8.81. The molecule has 1 aliphatic heterocycles. The van der Waals surface area contributed by atoms with Crippen LogP contribution in [-0.4, -0.2) is 44.6 Å². The molecule has 2 atom stereocenters. The highest BCUT2D eigenvalue weighted by Gasteiger charge is 2.28. The summed E-state index contributed by atoms with van der Waals surface area (Å²) in [6.07, 6.45) is 3.33. The van der Waals surface area contributed by atoms with Crippen LogP contribution in [0.1, 0.15) is 33.6 Å². The molecular formula is C14H22N2O3S2. The van der Waals surface area contributed by atoms with Crippen LogP contribution in [0.4, 0.5) is 4.79 Å². The molecule has 1 saturated heterocycles. The van der Waals surface area contributed by atoms with Crippen molar-refractivity contribution in [3.05, 3.63) is 11.6 Å². The summed E-state index contributed by atoms with van der Waals surface area (Å²) < 4.78 is 18.3. The second kappa shape index (κ2) is 6.87. The zero-order valence-electron chi connectivity index (χ0n) is 12.7. The number of rotatable bonds is 3. The first kappa shape index (κ1) is 16.4. The Bertz CT molecular complexity index is 497. The molecule has 2 heterocycles. The Kier molecular flexibility index (Phi) is 5.37. The van der Waals surface area contributed by atoms with Gasteiger partial charge in [0.1, 0.15) is 5.60 Å². The molecule has 21 heavy (non-hydrogen) atoms. The second-order valence-electron chi connectivity index (χ2n) is 6.24. The van der Waals surface area contributed by atoms with Gasteiger partial charge in [0.05, 0.1) is 10.8 Å². The number of nitrogens with zero attached hydrogens (tertiary/aromatic N) is 2. The van der Waals surface area contributed by atoms with Crippen LogP contribution < -0.4 is 0 Å². The van der Waals surface area contributed by atoms with Crippen LogP contribution in [0.2, 0.25) is 0 Å². The monoisotopic (exact) mass is 330 g/mol. The van der Waals surface area contributed by atoms with E-state index in [4.69, 9.17) is 4.74 Å². The molecule has 1 fully saturated rings. The number of amides is 1. The highest BCUT2D eigenvalue weighted by molar-refractivity contribution is 7.87. The molecule has 118 valence electrons. The molecular weight excluding hydrogens is 308 g/mol. The van der Waals surface area contributed by atoms with E-state index in [0.29, 0.717) is 16.6 Å². The van der Waals surface area contributed by atoms with Crippen molar-refractivity contribution in [3.8, 4) is 0 Å². The van der Waals surface area contributed by atoms with Crippen LogP contribution in [0.25, 0.3) is 0 Å². The lowest BCUT2D eigenvalue weighted by Crippen LogP contribution is -2.43. The largest absolute Gasteiger partial charge is 0.444 e. The first-order chi connectivity index (χ1) is 9.85. The lowest BCUT2D eigenvalue weighted by molar-refractivity contribution is 0.0176. The summed E-state index contributed by atoms with van der Waals surface area (Å²) in [4.78, 5) is 17.9. The average Bonchev–Trinajstić information content (AvgIpc) is 2.91. The maximum absolute atomic E-state index is 12.2. The van der Waals surface area contributed by atoms with Crippen molar-refractivity contribution in [2.75, 3.05) is 18.8 Å². The highest BCUT2D eigenvalue weighted by Crippen LogP contribution is 2.22. The molecule has 0 unspecified atom stereocenters. The molecule has 0 radical (unpaired) electrons. The number of thiazole rings is 1. The summed E-state index contributed by atoms with van der Waals surface area (Å²) in [5, 5.41) is 1.83. The first-order valence-electron chi connectivity index (χ1n) is 7.11. The lowest BCUT2D eigenvalue weighted by Gasteiger charge is -2.33. The van der Waals surface area contributed by atoms with Crippen LogP contribution in [0, 0.1) is 5.92 Å². The third kappa shape index (κ3) is 5.07. The van der Waals surface area contributed by atoms with Gasteiger partial charge in [0.2, 0.25) is 0 Å². The molecule has 5 nitrogen and oxygen atoms in total. The van der Waals surface area contributed by atoms with E-state index in [9.17, 15) is 9.00 Å². The van der Waals surface area contributed by atoms with E-state index < -0.39 is 16.4 Å². The van der Waals surface area contributed by atoms with Crippen LogP contribution in [-0.2, 0) is 15.5 Å².